The van der Waals surface area contributed by atoms with Crippen molar-refractivity contribution in [1.29, 1.82) is 5.41 Å². The van der Waals surface area contributed by atoms with Crippen molar-refractivity contribution in [2.75, 3.05) is 27.2 Å². The summed E-state index contributed by atoms with van der Waals surface area (Å²) in [6.07, 6.45) is 10.2. The molecule has 5 aliphatic rings. The zero-order valence-electron chi connectivity index (χ0n) is 21.4. The highest BCUT2D eigenvalue weighted by atomic mass is 35.5. The van der Waals surface area contributed by atoms with Gasteiger partial charge in [0.1, 0.15) is 6.17 Å². The van der Waals surface area contributed by atoms with Crippen LogP contribution in [0.15, 0.2) is 0 Å². The lowest BCUT2D eigenvalue weighted by Crippen LogP contribution is -2.71. The SMILES string of the molecule is CC#CC1NC(C2CCCCC2Cl)NC2C1N(C)C(=N)N2CC1CCC(C2NC(Cl)CN2C)CC1. The number of rotatable bonds is 4. The number of nitrogens with zero attached hydrogens (tertiary/aromatic N) is 3. The van der Waals surface area contributed by atoms with Gasteiger partial charge in [-0.1, -0.05) is 18.8 Å². The number of hydrogen-bond donors (Lipinski definition) is 4. The summed E-state index contributed by atoms with van der Waals surface area (Å²) < 4.78 is 0. The highest BCUT2D eigenvalue weighted by Crippen LogP contribution is 2.37. The summed E-state index contributed by atoms with van der Waals surface area (Å²) in [5, 5.41) is 20.5. The number of likely N-dealkylation sites (N-methyl/N-ethyl adjacent to an activating group) is 2. The Morgan fingerprint density at radius 3 is 2.37 bits per heavy atom. The first kappa shape index (κ1) is 25.9. The second-order valence-corrected chi connectivity index (χ2v) is 12.6. The summed E-state index contributed by atoms with van der Waals surface area (Å²) >= 11 is 13.2. The van der Waals surface area contributed by atoms with Crippen molar-refractivity contribution >= 4 is 29.2 Å². The van der Waals surface area contributed by atoms with E-state index in [2.05, 4.69) is 56.6 Å². The Morgan fingerprint density at radius 1 is 0.971 bits per heavy atom. The van der Waals surface area contributed by atoms with Crippen LogP contribution in [-0.4, -0.2) is 89.3 Å². The molecule has 3 heterocycles. The van der Waals surface area contributed by atoms with Gasteiger partial charge in [0.2, 0.25) is 0 Å². The topological polar surface area (TPSA) is 69.7 Å². The van der Waals surface area contributed by atoms with Gasteiger partial charge in [-0.3, -0.25) is 26.3 Å². The average molecular weight is 525 g/mol. The van der Waals surface area contributed by atoms with E-state index in [4.69, 9.17) is 28.6 Å². The second-order valence-electron chi connectivity index (χ2n) is 11.5. The van der Waals surface area contributed by atoms with Gasteiger partial charge in [0.15, 0.2) is 5.96 Å². The van der Waals surface area contributed by atoms with Crippen LogP contribution in [0.3, 0.4) is 0 Å². The molecule has 35 heavy (non-hydrogen) atoms. The van der Waals surface area contributed by atoms with Gasteiger partial charge in [-0.25, -0.2) is 0 Å². The molecule has 3 saturated heterocycles. The van der Waals surface area contributed by atoms with Crippen LogP contribution < -0.4 is 16.0 Å². The fourth-order valence-electron chi connectivity index (χ4n) is 7.40. The predicted molar refractivity (Wildman–Crippen MR) is 143 cm³/mol. The molecular formula is C26H43Cl2N7. The van der Waals surface area contributed by atoms with Gasteiger partial charge in [0.05, 0.1) is 29.9 Å². The summed E-state index contributed by atoms with van der Waals surface area (Å²) in [5.74, 6) is 8.86. The lowest BCUT2D eigenvalue weighted by Gasteiger charge is -2.46. The van der Waals surface area contributed by atoms with Crippen molar-refractivity contribution < 1.29 is 0 Å². The van der Waals surface area contributed by atoms with Gasteiger partial charge in [-0.15, -0.1) is 29.1 Å². The molecule has 0 spiro atoms. The molecule has 0 aromatic carbocycles. The number of fused-ring (bicyclic) bond motifs is 1. The van der Waals surface area contributed by atoms with E-state index >= 15 is 0 Å². The van der Waals surface area contributed by atoms with Crippen LogP contribution in [0.1, 0.15) is 58.3 Å². The van der Waals surface area contributed by atoms with Gasteiger partial charge in [-0.05, 0) is 64.3 Å². The Balaban J connectivity index is 1.26. The Bertz CT molecular complexity index is 822. The van der Waals surface area contributed by atoms with E-state index < -0.39 is 0 Å². The number of nitrogens with one attached hydrogen (secondary N) is 4. The standard InChI is InChI=1S/C26H43Cl2N7/c1-4-7-20-22-25(32-23(30-20)18-8-5-6-9-19(18)27)35(26(29)34(22)3)14-16-10-12-17(13-11-16)24-31-21(28)15-33(24)2/h16-25,29-32H,5-6,8-15H2,1-3H3. The molecule has 5 rings (SSSR count). The second kappa shape index (κ2) is 10.9. The maximum Gasteiger partial charge on any atom is 0.195 e. The van der Waals surface area contributed by atoms with Crippen LogP contribution in [0, 0.1) is 35.0 Å². The smallest absolute Gasteiger partial charge is 0.195 e. The maximum atomic E-state index is 9.00. The molecule has 196 valence electrons. The van der Waals surface area contributed by atoms with E-state index in [9.17, 15) is 0 Å². The molecule has 8 unspecified atom stereocenters. The molecule has 3 aliphatic heterocycles. The quantitative estimate of drug-likeness (QED) is 0.258. The molecule has 0 radical (unpaired) electrons. The van der Waals surface area contributed by atoms with Crippen LogP contribution in [0.25, 0.3) is 0 Å². The molecule has 5 fully saturated rings. The largest absolute Gasteiger partial charge is 0.337 e. The molecule has 2 aliphatic carbocycles. The number of halogens is 2. The van der Waals surface area contributed by atoms with Crippen molar-refractivity contribution in [3.05, 3.63) is 0 Å². The Labute approximate surface area is 221 Å². The van der Waals surface area contributed by atoms with E-state index in [1.54, 1.807) is 0 Å². The first-order valence-corrected chi connectivity index (χ1v) is 14.5. The van der Waals surface area contributed by atoms with Crippen LogP contribution in [-0.2, 0) is 0 Å². The van der Waals surface area contributed by atoms with Gasteiger partial charge in [-0.2, -0.15) is 0 Å². The van der Waals surface area contributed by atoms with Gasteiger partial charge in [0.25, 0.3) is 0 Å². The third-order valence-electron chi connectivity index (χ3n) is 9.29. The summed E-state index contributed by atoms with van der Waals surface area (Å²) in [4.78, 5) is 6.83. The number of guanidine groups is 1. The zero-order chi connectivity index (χ0) is 24.7. The first-order valence-electron chi connectivity index (χ1n) is 13.6. The first-order chi connectivity index (χ1) is 16.9. The fraction of sp³-hybridized carbons (Fsp3) is 0.885. The number of hydrogen-bond acceptors (Lipinski definition) is 5. The van der Waals surface area contributed by atoms with E-state index in [1.807, 2.05) is 6.92 Å². The molecule has 4 N–H and O–H groups in total. The maximum absolute atomic E-state index is 9.00. The summed E-state index contributed by atoms with van der Waals surface area (Å²) in [7, 11) is 4.24. The van der Waals surface area contributed by atoms with Crippen LogP contribution in [0.2, 0.25) is 0 Å². The molecule has 0 amide bonds. The lowest BCUT2D eigenvalue weighted by molar-refractivity contribution is 0.0815. The minimum atomic E-state index is 0.0283. The highest BCUT2D eigenvalue weighted by Gasteiger charge is 2.51. The normalized spacial score (nSPS) is 44.8. The summed E-state index contributed by atoms with van der Waals surface area (Å²) in [5.41, 5.74) is 0.0649. The van der Waals surface area contributed by atoms with Gasteiger partial charge in [0, 0.05) is 31.4 Å². The number of alkyl halides is 2. The van der Waals surface area contributed by atoms with E-state index in [0.29, 0.717) is 29.9 Å². The Morgan fingerprint density at radius 2 is 1.71 bits per heavy atom. The van der Waals surface area contributed by atoms with Crippen LogP contribution >= 0.6 is 23.2 Å². The Hall–Kier alpha value is -0.750. The average Bonchev–Trinajstić information content (AvgIpc) is 3.30. The molecule has 7 nitrogen and oxygen atoms in total. The van der Waals surface area contributed by atoms with Crippen LogP contribution in [0.5, 0.6) is 0 Å². The fourth-order valence-corrected chi connectivity index (χ4v) is 8.17. The molecule has 8 atom stereocenters. The Kier molecular flexibility index (Phi) is 8.08. The van der Waals surface area contributed by atoms with Crippen molar-refractivity contribution in [2.24, 2.45) is 17.8 Å². The van der Waals surface area contributed by atoms with Crippen molar-refractivity contribution in [2.45, 2.75) is 99.7 Å². The third-order valence-corrected chi connectivity index (χ3v) is 10.1. The van der Waals surface area contributed by atoms with E-state index in [-0.39, 0.29) is 35.3 Å². The lowest BCUT2D eigenvalue weighted by atomic mass is 9.80. The van der Waals surface area contributed by atoms with Crippen LogP contribution in [0.4, 0.5) is 0 Å². The summed E-state index contributed by atoms with van der Waals surface area (Å²) in [6.45, 7) is 3.77. The minimum Gasteiger partial charge on any atom is -0.337 e. The molecule has 0 aromatic heterocycles. The predicted octanol–water partition coefficient (Wildman–Crippen LogP) is 2.80. The van der Waals surface area contributed by atoms with Gasteiger partial charge >= 0.3 is 0 Å². The minimum absolute atomic E-state index is 0.0283. The molecule has 2 saturated carbocycles. The summed E-state index contributed by atoms with van der Waals surface area (Å²) in [6, 6.07) is 0.150. The zero-order valence-corrected chi connectivity index (χ0v) is 23.0. The molecular weight excluding hydrogens is 481 g/mol. The van der Waals surface area contributed by atoms with Crippen molar-refractivity contribution in [1.82, 2.24) is 30.7 Å². The molecule has 0 aromatic rings. The van der Waals surface area contributed by atoms with E-state index in [0.717, 1.165) is 25.9 Å². The molecule has 0 bridgehead atoms. The monoisotopic (exact) mass is 523 g/mol. The molecule has 9 heteroatoms. The van der Waals surface area contributed by atoms with Crippen molar-refractivity contribution in [3.8, 4) is 11.8 Å². The van der Waals surface area contributed by atoms with Crippen molar-refractivity contribution in [3.63, 3.8) is 0 Å². The highest BCUT2D eigenvalue weighted by molar-refractivity contribution is 6.21. The van der Waals surface area contributed by atoms with Gasteiger partial charge < -0.3 is 9.80 Å². The van der Waals surface area contributed by atoms with E-state index in [1.165, 1.54) is 38.5 Å². The third kappa shape index (κ3) is 5.17.